The summed E-state index contributed by atoms with van der Waals surface area (Å²) in [5.41, 5.74) is 0. The standard InChI is InChI=1S/C74H132O6/c1-4-7-10-13-16-19-22-24-26-28-30-31-32-33-34-35-36-37-38-39-40-41-42-43-45-46-48-50-52-55-58-61-64-67-73(76)79-70-71(69-78-72(75)66-63-60-57-54-21-18-15-12-9-6-3)80-74(77)68-65-62-59-56-53-51-49-47-44-29-27-25-23-20-17-14-11-8-5-2/h7,10,12,15-16,19,24,26,30-31,33-34,71H,4-6,8-9,11,13-14,17-18,20-23,25,27-29,32,35-70H2,1-3H3/b10-7-,15-12-,19-16-,26-24-,31-30-,34-33-. The Hall–Kier alpha value is -3.15. The first-order chi connectivity index (χ1) is 39.5. The number of rotatable bonds is 64. The predicted octanol–water partition coefficient (Wildman–Crippen LogP) is 24.1. The lowest BCUT2D eigenvalue weighted by Gasteiger charge is -2.18. The van der Waals surface area contributed by atoms with E-state index in [9.17, 15) is 14.4 Å². The third-order valence-electron chi connectivity index (χ3n) is 15.4. The van der Waals surface area contributed by atoms with Gasteiger partial charge in [0.2, 0.25) is 0 Å². The number of carbonyl (C=O) groups is 3. The SMILES string of the molecule is CC/C=C\C/C=C\C/C=C\C/C=C\C/C=C\CCCCCCCCCCCCCCCCCCCC(=O)OCC(COC(=O)CCCCCCC/C=C\CCC)OC(=O)CCCCCCCCCCCCCCCCCCCCC. The topological polar surface area (TPSA) is 78.9 Å². The first kappa shape index (κ1) is 76.9. The normalized spacial score (nSPS) is 12.5. The second-order valence-corrected chi connectivity index (χ2v) is 23.4. The summed E-state index contributed by atoms with van der Waals surface area (Å²) in [6.45, 7) is 6.51. The highest BCUT2D eigenvalue weighted by Gasteiger charge is 2.19. The Morgan fingerprint density at radius 2 is 0.512 bits per heavy atom. The van der Waals surface area contributed by atoms with Crippen molar-refractivity contribution < 1.29 is 28.6 Å². The zero-order valence-corrected chi connectivity index (χ0v) is 53.3. The summed E-state index contributed by atoms with van der Waals surface area (Å²) >= 11 is 0. The largest absolute Gasteiger partial charge is 0.462 e. The molecule has 6 nitrogen and oxygen atoms in total. The molecule has 0 fully saturated rings. The molecule has 464 valence electrons. The van der Waals surface area contributed by atoms with Crippen LogP contribution >= 0.6 is 0 Å². The van der Waals surface area contributed by atoms with Crippen LogP contribution in [-0.4, -0.2) is 37.2 Å². The lowest BCUT2D eigenvalue weighted by atomic mass is 10.0. The van der Waals surface area contributed by atoms with Gasteiger partial charge in [-0.2, -0.15) is 0 Å². The fourth-order valence-corrected chi connectivity index (χ4v) is 10.2. The molecule has 0 amide bonds. The molecule has 0 aliphatic heterocycles. The van der Waals surface area contributed by atoms with Gasteiger partial charge in [0.1, 0.15) is 13.2 Å². The van der Waals surface area contributed by atoms with Crippen molar-refractivity contribution in [2.24, 2.45) is 0 Å². The number of hydrogen-bond acceptors (Lipinski definition) is 6. The minimum atomic E-state index is -0.775. The molecule has 0 rings (SSSR count). The van der Waals surface area contributed by atoms with E-state index in [2.05, 4.69) is 93.7 Å². The molecule has 1 atom stereocenters. The summed E-state index contributed by atoms with van der Waals surface area (Å²) in [6, 6.07) is 0. The molecule has 0 aromatic heterocycles. The van der Waals surface area contributed by atoms with Crippen molar-refractivity contribution in [3.05, 3.63) is 72.9 Å². The summed E-state index contributed by atoms with van der Waals surface area (Å²) in [4.78, 5) is 38.3. The molecule has 0 heterocycles. The van der Waals surface area contributed by atoms with Crippen LogP contribution in [0.1, 0.15) is 361 Å². The third-order valence-corrected chi connectivity index (χ3v) is 15.4. The van der Waals surface area contributed by atoms with Crippen molar-refractivity contribution in [1.29, 1.82) is 0 Å². The summed E-state index contributed by atoms with van der Waals surface area (Å²) < 4.78 is 16.9. The molecule has 6 heteroatoms. The van der Waals surface area contributed by atoms with Gasteiger partial charge in [-0.25, -0.2) is 0 Å². The minimum Gasteiger partial charge on any atom is -0.462 e. The number of esters is 3. The molecule has 80 heavy (non-hydrogen) atoms. The molecule has 0 aromatic carbocycles. The second kappa shape index (κ2) is 68.3. The van der Waals surface area contributed by atoms with Crippen LogP contribution in [0.5, 0.6) is 0 Å². The van der Waals surface area contributed by atoms with E-state index >= 15 is 0 Å². The summed E-state index contributed by atoms with van der Waals surface area (Å²) in [5, 5.41) is 0. The van der Waals surface area contributed by atoms with Crippen LogP contribution < -0.4 is 0 Å². The first-order valence-corrected chi connectivity index (χ1v) is 34.9. The van der Waals surface area contributed by atoms with Crippen molar-refractivity contribution in [2.75, 3.05) is 13.2 Å². The number of allylic oxidation sites excluding steroid dienone is 12. The van der Waals surface area contributed by atoms with Crippen LogP contribution in [0.2, 0.25) is 0 Å². The van der Waals surface area contributed by atoms with Crippen LogP contribution in [0.15, 0.2) is 72.9 Å². The maximum Gasteiger partial charge on any atom is 0.306 e. The van der Waals surface area contributed by atoms with Gasteiger partial charge in [-0.1, -0.05) is 331 Å². The van der Waals surface area contributed by atoms with Crippen LogP contribution in [0, 0.1) is 0 Å². The lowest BCUT2D eigenvalue weighted by Crippen LogP contribution is -2.30. The first-order valence-electron chi connectivity index (χ1n) is 34.9. The number of hydrogen-bond donors (Lipinski definition) is 0. The van der Waals surface area contributed by atoms with Crippen molar-refractivity contribution in [3.8, 4) is 0 Å². The molecule has 0 saturated carbocycles. The van der Waals surface area contributed by atoms with Gasteiger partial charge < -0.3 is 14.2 Å². The maximum absolute atomic E-state index is 12.9. The van der Waals surface area contributed by atoms with E-state index in [-0.39, 0.29) is 31.1 Å². The molecule has 0 radical (unpaired) electrons. The monoisotopic (exact) mass is 1120 g/mol. The van der Waals surface area contributed by atoms with Gasteiger partial charge in [-0.15, -0.1) is 0 Å². The van der Waals surface area contributed by atoms with Gasteiger partial charge in [0.25, 0.3) is 0 Å². The van der Waals surface area contributed by atoms with Gasteiger partial charge in [0.05, 0.1) is 0 Å². The van der Waals surface area contributed by atoms with Crippen LogP contribution in [0.25, 0.3) is 0 Å². The summed E-state index contributed by atoms with van der Waals surface area (Å²) in [5.74, 6) is -0.861. The fourth-order valence-electron chi connectivity index (χ4n) is 10.2. The minimum absolute atomic E-state index is 0.0722. The van der Waals surface area contributed by atoms with E-state index < -0.39 is 6.10 Å². The molecule has 0 aromatic rings. The molecule has 0 aliphatic rings. The average Bonchev–Trinajstić information content (AvgIpc) is 3.46. The third kappa shape index (κ3) is 65.7. The van der Waals surface area contributed by atoms with Crippen LogP contribution in [0.3, 0.4) is 0 Å². The molecule has 0 saturated heterocycles. The van der Waals surface area contributed by atoms with Gasteiger partial charge >= 0.3 is 17.9 Å². The predicted molar refractivity (Wildman–Crippen MR) is 348 cm³/mol. The Kier molecular flexibility index (Phi) is 65.7. The van der Waals surface area contributed by atoms with Crippen molar-refractivity contribution in [2.45, 2.75) is 367 Å². The quantitative estimate of drug-likeness (QED) is 0.0261. The smallest absolute Gasteiger partial charge is 0.306 e. The molecule has 0 bridgehead atoms. The van der Waals surface area contributed by atoms with Crippen molar-refractivity contribution in [1.82, 2.24) is 0 Å². The second-order valence-electron chi connectivity index (χ2n) is 23.4. The molecular formula is C74H132O6. The Balaban J connectivity index is 4.09. The number of unbranched alkanes of at least 4 members (excludes halogenated alkanes) is 41. The fraction of sp³-hybridized carbons (Fsp3) is 0.797. The Morgan fingerprint density at radius 1 is 0.263 bits per heavy atom. The molecule has 0 aliphatic carbocycles. The highest BCUT2D eigenvalue weighted by atomic mass is 16.6. The number of carbonyl (C=O) groups excluding carboxylic acids is 3. The Morgan fingerprint density at radius 3 is 0.825 bits per heavy atom. The zero-order valence-electron chi connectivity index (χ0n) is 53.3. The lowest BCUT2D eigenvalue weighted by molar-refractivity contribution is -0.167. The molecule has 1 unspecified atom stereocenters. The van der Waals surface area contributed by atoms with Gasteiger partial charge in [-0.05, 0) is 83.5 Å². The highest BCUT2D eigenvalue weighted by Crippen LogP contribution is 2.18. The summed E-state index contributed by atoms with van der Waals surface area (Å²) in [6.07, 6.45) is 89.5. The summed E-state index contributed by atoms with van der Waals surface area (Å²) in [7, 11) is 0. The van der Waals surface area contributed by atoms with Gasteiger partial charge in [0.15, 0.2) is 6.10 Å². The van der Waals surface area contributed by atoms with E-state index in [0.29, 0.717) is 19.3 Å². The van der Waals surface area contributed by atoms with E-state index in [0.717, 1.165) is 103 Å². The maximum atomic E-state index is 12.9. The van der Waals surface area contributed by atoms with Gasteiger partial charge in [0, 0.05) is 19.3 Å². The van der Waals surface area contributed by atoms with E-state index in [4.69, 9.17) is 14.2 Å². The Labute approximate surface area is 497 Å². The van der Waals surface area contributed by atoms with E-state index in [1.165, 1.54) is 218 Å². The highest BCUT2D eigenvalue weighted by molar-refractivity contribution is 5.71. The Bertz CT molecular complexity index is 1470. The zero-order chi connectivity index (χ0) is 57.8. The van der Waals surface area contributed by atoms with E-state index in [1.807, 2.05) is 0 Å². The van der Waals surface area contributed by atoms with Gasteiger partial charge in [-0.3, -0.25) is 14.4 Å². The average molecular weight is 1120 g/mol. The molecule has 0 spiro atoms. The molecular weight excluding hydrogens is 985 g/mol. The van der Waals surface area contributed by atoms with E-state index in [1.54, 1.807) is 0 Å². The van der Waals surface area contributed by atoms with Crippen molar-refractivity contribution >= 4 is 17.9 Å². The van der Waals surface area contributed by atoms with Crippen LogP contribution in [-0.2, 0) is 28.6 Å². The van der Waals surface area contributed by atoms with Crippen LogP contribution in [0.4, 0.5) is 0 Å². The molecule has 0 N–H and O–H groups in total. The number of ether oxygens (including phenoxy) is 3. The van der Waals surface area contributed by atoms with Crippen molar-refractivity contribution in [3.63, 3.8) is 0 Å².